The first-order valence-electron chi connectivity index (χ1n) is 9.98. The van der Waals surface area contributed by atoms with Crippen LogP contribution in [0.3, 0.4) is 0 Å². The number of pyridine rings is 1. The number of piperidine rings is 1. The number of nitrogens with zero attached hydrogens (tertiary/aromatic N) is 4. The first kappa shape index (κ1) is 19.9. The topological polar surface area (TPSA) is 76.4 Å². The zero-order valence-corrected chi connectivity index (χ0v) is 18.5. The summed E-state index contributed by atoms with van der Waals surface area (Å²) < 4.78 is 36.4. The molecule has 3 aromatic rings. The Balaban J connectivity index is 1.56. The van der Waals surface area contributed by atoms with E-state index in [1.165, 1.54) is 6.20 Å². The molecule has 2 atom stereocenters. The van der Waals surface area contributed by atoms with Gasteiger partial charge in [-0.3, -0.25) is 0 Å². The first-order valence-corrected chi connectivity index (χ1v) is 11.2. The Morgan fingerprint density at radius 1 is 1.23 bits per heavy atom. The summed E-state index contributed by atoms with van der Waals surface area (Å²) in [5.74, 6) is -0.421. The number of aromatic nitrogens is 4. The molecular formula is C20H21F2IN6O. The standard InChI is InChI=1S/C20H21F2IN6O/c1-30-15-8-16-25-9-14(29(16)28-17(15)10-4-5-10)18-11(21)7-12(22)20(27-18)26-13-3-2-6-24-19(13)23/h7-10,13,19,24H,2-6H2,1H3,(H,26,27)/t13-,19-/m1/s1. The predicted octanol–water partition coefficient (Wildman–Crippen LogP) is 3.88. The normalized spacial score (nSPS) is 21.7. The maximum absolute atomic E-state index is 14.8. The molecule has 0 bridgehead atoms. The highest BCUT2D eigenvalue weighted by atomic mass is 127. The van der Waals surface area contributed by atoms with Gasteiger partial charge < -0.3 is 15.4 Å². The Labute approximate surface area is 185 Å². The second-order valence-corrected chi connectivity index (χ2v) is 9.03. The Morgan fingerprint density at radius 3 is 2.80 bits per heavy atom. The fraction of sp³-hybridized carbons (Fsp3) is 0.450. The maximum atomic E-state index is 14.8. The molecule has 0 amide bonds. The van der Waals surface area contributed by atoms with E-state index in [0.717, 1.165) is 44.0 Å². The SMILES string of the molecule is COc1cc2ncc(-c3nc(N[C@@H]4CCCN[C@H]4I)c(F)cc3F)n2nc1C1CC1. The quantitative estimate of drug-likeness (QED) is 0.299. The van der Waals surface area contributed by atoms with Crippen LogP contribution in [-0.4, -0.2) is 43.3 Å². The van der Waals surface area contributed by atoms with Crippen molar-refractivity contribution in [2.45, 2.75) is 41.7 Å². The lowest BCUT2D eigenvalue weighted by atomic mass is 10.1. The Morgan fingerprint density at radius 2 is 2.07 bits per heavy atom. The number of methoxy groups -OCH3 is 1. The number of imidazole rings is 1. The van der Waals surface area contributed by atoms with E-state index < -0.39 is 11.6 Å². The fourth-order valence-corrected chi connectivity index (χ4v) is 4.65. The van der Waals surface area contributed by atoms with Crippen LogP contribution < -0.4 is 15.4 Å². The van der Waals surface area contributed by atoms with Crippen molar-refractivity contribution in [3.63, 3.8) is 0 Å². The Kier molecular flexibility index (Phi) is 5.21. The van der Waals surface area contributed by atoms with E-state index in [4.69, 9.17) is 4.74 Å². The predicted molar refractivity (Wildman–Crippen MR) is 117 cm³/mol. The van der Waals surface area contributed by atoms with Gasteiger partial charge in [-0.2, -0.15) is 5.10 Å². The summed E-state index contributed by atoms with van der Waals surface area (Å²) >= 11 is 2.28. The van der Waals surface area contributed by atoms with Crippen molar-refractivity contribution in [3.05, 3.63) is 35.7 Å². The molecule has 0 spiro atoms. The first-order chi connectivity index (χ1) is 14.5. The number of hydrogen-bond donors (Lipinski definition) is 2. The highest BCUT2D eigenvalue weighted by Gasteiger charge is 2.30. The molecule has 7 nitrogen and oxygen atoms in total. The molecule has 2 aliphatic rings. The maximum Gasteiger partial charge on any atom is 0.168 e. The van der Waals surface area contributed by atoms with E-state index >= 15 is 0 Å². The van der Waals surface area contributed by atoms with Gasteiger partial charge in [-0.1, -0.05) is 22.6 Å². The van der Waals surface area contributed by atoms with Crippen molar-refractivity contribution in [2.75, 3.05) is 19.0 Å². The van der Waals surface area contributed by atoms with Gasteiger partial charge in [0.2, 0.25) is 0 Å². The molecule has 1 saturated heterocycles. The summed E-state index contributed by atoms with van der Waals surface area (Å²) in [7, 11) is 1.60. The van der Waals surface area contributed by atoms with Crippen molar-refractivity contribution in [3.8, 4) is 17.1 Å². The Bertz CT molecular complexity index is 1100. The van der Waals surface area contributed by atoms with Crippen molar-refractivity contribution in [1.29, 1.82) is 0 Å². The lowest BCUT2D eigenvalue weighted by Crippen LogP contribution is -2.44. The monoisotopic (exact) mass is 526 g/mol. The van der Waals surface area contributed by atoms with E-state index in [-0.39, 0.29) is 21.6 Å². The van der Waals surface area contributed by atoms with Crippen LogP contribution in [0, 0.1) is 11.6 Å². The van der Waals surface area contributed by atoms with E-state index in [0.29, 0.717) is 23.0 Å². The third-order valence-electron chi connectivity index (χ3n) is 5.55. The number of fused-ring (bicyclic) bond motifs is 1. The van der Waals surface area contributed by atoms with Crippen LogP contribution in [0.2, 0.25) is 0 Å². The van der Waals surface area contributed by atoms with Crippen molar-refractivity contribution < 1.29 is 13.5 Å². The Hall–Kier alpha value is -2.08. The minimum Gasteiger partial charge on any atom is -0.495 e. The molecule has 1 saturated carbocycles. The van der Waals surface area contributed by atoms with Gasteiger partial charge in [-0.05, 0) is 32.2 Å². The molecule has 3 aromatic heterocycles. The third-order valence-corrected chi connectivity index (χ3v) is 6.86. The van der Waals surface area contributed by atoms with E-state index in [1.54, 1.807) is 17.7 Å². The largest absolute Gasteiger partial charge is 0.495 e. The number of ether oxygens (including phenoxy) is 1. The van der Waals surface area contributed by atoms with Crippen molar-refractivity contribution in [2.24, 2.45) is 0 Å². The minimum absolute atomic E-state index is 0.00528. The number of alkyl halides is 1. The van der Waals surface area contributed by atoms with Crippen LogP contribution in [-0.2, 0) is 0 Å². The van der Waals surface area contributed by atoms with Crippen molar-refractivity contribution in [1.82, 2.24) is 24.9 Å². The highest BCUT2D eigenvalue weighted by molar-refractivity contribution is 14.1. The molecule has 158 valence electrons. The third kappa shape index (κ3) is 3.59. The molecule has 10 heteroatoms. The average molecular weight is 526 g/mol. The van der Waals surface area contributed by atoms with Crippen LogP contribution in [0.25, 0.3) is 17.0 Å². The van der Waals surface area contributed by atoms with Crippen LogP contribution in [0.15, 0.2) is 18.3 Å². The van der Waals surface area contributed by atoms with Gasteiger partial charge in [-0.25, -0.2) is 23.3 Å². The number of halogens is 3. The van der Waals surface area contributed by atoms with Crippen LogP contribution in [0.5, 0.6) is 5.75 Å². The molecule has 30 heavy (non-hydrogen) atoms. The highest BCUT2D eigenvalue weighted by Crippen LogP contribution is 2.43. The van der Waals surface area contributed by atoms with Gasteiger partial charge in [0.25, 0.3) is 0 Å². The average Bonchev–Trinajstić information content (AvgIpc) is 3.51. The molecule has 2 N–H and O–H groups in total. The molecule has 0 radical (unpaired) electrons. The second-order valence-electron chi connectivity index (χ2n) is 7.68. The van der Waals surface area contributed by atoms with Gasteiger partial charge >= 0.3 is 0 Å². The van der Waals surface area contributed by atoms with E-state index in [2.05, 4.69) is 48.3 Å². The van der Waals surface area contributed by atoms with Gasteiger partial charge in [0.1, 0.15) is 22.8 Å². The molecule has 0 aromatic carbocycles. The molecule has 5 rings (SSSR count). The molecule has 4 heterocycles. The van der Waals surface area contributed by atoms with Gasteiger partial charge in [-0.15, -0.1) is 0 Å². The number of rotatable bonds is 5. The summed E-state index contributed by atoms with van der Waals surface area (Å²) in [6, 6.07) is 2.66. The van der Waals surface area contributed by atoms with Crippen LogP contribution >= 0.6 is 22.6 Å². The van der Waals surface area contributed by atoms with Gasteiger partial charge in [0, 0.05) is 18.1 Å². The summed E-state index contributed by atoms with van der Waals surface area (Å²) in [5.41, 5.74) is 1.74. The number of anilines is 1. The summed E-state index contributed by atoms with van der Waals surface area (Å²) in [5, 5.41) is 11.2. The van der Waals surface area contributed by atoms with Crippen molar-refractivity contribution >= 4 is 34.1 Å². The summed E-state index contributed by atoms with van der Waals surface area (Å²) in [6.45, 7) is 0.927. The number of hydrogen-bond acceptors (Lipinski definition) is 6. The minimum atomic E-state index is -0.752. The lowest BCUT2D eigenvalue weighted by molar-refractivity contribution is 0.405. The fourth-order valence-electron chi connectivity index (χ4n) is 3.80. The van der Waals surface area contributed by atoms with Crippen LogP contribution in [0.1, 0.15) is 37.3 Å². The zero-order chi connectivity index (χ0) is 20.8. The molecule has 2 fully saturated rings. The number of nitrogens with one attached hydrogen (secondary N) is 2. The summed E-state index contributed by atoms with van der Waals surface area (Å²) in [6.07, 6.45) is 5.47. The molecule has 1 aliphatic heterocycles. The second kappa shape index (κ2) is 7.88. The molecular weight excluding hydrogens is 505 g/mol. The molecule has 1 aliphatic carbocycles. The smallest absolute Gasteiger partial charge is 0.168 e. The molecule has 0 unspecified atom stereocenters. The van der Waals surface area contributed by atoms with Crippen LogP contribution in [0.4, 0.5) is 14.6 Å². The zero-order valence-electron chi connectivity index (χ0n) is 16.3. The van der Waals surface area contributed by atoms with E-state index in [9.17, 15) is 8.78 Å². The lowest BCUT2D eigenvalue weighted by Gasteiger charge is -2.29. The van der Waals surface area contributed by atoms with Gasteiger partial charge in [0.15, 0.2) is 23.1 Å². The van der Waals surface area contributed by atoms with Gasteiger partial charge in [0.05, 0.1) is 23.4 Å². The van der Waals surface area contributed by atoms with E-state index in [1.807, 2.05) is 0 Å². The summed E-state index contributed by atoms with van der Waals surface area (Å²) in [4.78, 5) is 8.64.